The van der Waals surface area contributed by atoms with E-state index in [0.717, 1.165) is 25.7 Å². The van der Waals surface area contributed by atoms with Crippen LogP contribution in [-0.2, 0) is 38.4 Å². The molecule has 0 radical (unpaired) electrons. The summed E-state index contributed by atoms with van der Waals surface area (Å²) in [6.45, 7) is 1.73. The number of hydrogen-bond acceptors (Lipinski definition) is 15. The van der Waals surface area contributed by atoms with Crippen LogP contribution in [0.2, 0.25) is 0 Å². The van der Waals surface area contributed by atoms with Gasteiger partial charge in [-0.2, -0.15) is 5.26 Å². The van der Waals surface area contributed by atoms with E-state index in [1.807, 2.05) is 18.2 Å². The first-order chi connectivity index (χ1) is 45.3. The quantitative estimate of drug-likeness (QED) is 0.0546. The summed E-state index contributed by atoms with van der Waals surface area (Å²) in [5.41, 5.74) is 2.98. The van der Waals surface area contributed by atoms with Gasteiger partial charge >= 0.3 is 0 Å². The van der Waals surface area contributed by atoms with E-state index in [0.29, 0.717) is 105 Å². The summed E-state index contributed by atoms with van der Waals surface area (Å²) in [6, 6.07) is 24.3. The SMILES string of the molecule is Cc1cc([N+](=O)[O-])ccc1N1C(=O)C2C3CC(C2C1=O)C1C2C=CC(C2)C31.N#Cc1ccc(N2C(=O)C3C4C=CC(C4)C3C2=O)cc1.O=C1C2C3C=CC(C3)C2C(=O)N1c1ccc([N+](=O)[O-])cc1.O=C1C2C3CC(C2C(=O)N1c1ccc([N+](=O)[O-])cc1)C1C2C=CC(C2)C31. The molecular formula is C72H62N8O14. The van der Waals surface area contributed by atoms with E-state index in [1.54, 1.807) is 37.3 Å². The highest BCUT2D eigenvalue weighted by Crippen LogP contribution is 2.72. The number of imide groups is 4. The highest BCUT2D eigenvalue weighted by Gasteiger charge is 2.73. The van der Waals surface area contributed by atoms with Gasteiger partial charge in [0.2, 0.25) is 47.3 Å². The number of aryl methyl sites for hydroxylation is 1. The Hall–Kier alpha value is -9.91. The average molecular weight is 1260 g/mol. The zero-order chi connectivity index (χ0) is 64.9. The molecule has 4 aromatic rings. The molecule has 12 bridgehead atoms. The van der Waals surface area contributed by atoms with Gasteiger partial charge in [-0.3, -0.25) is 83.4 Å². The number of nitro groups is 3. The second kappa shape index (κ2) is 20.8. The molecule has 4 heterocycles. The Kier molecular flexibility index (Phi) is 12.8. The minimum absolute atomic E-state index is 0.0206. The third-order valence-electron chi connectivity index (χ3n) is 25.3. The van der Waals surface area contributed by atoms with Crippen molar-refractivity contribution in [2.24, 2.45) is 142 Å². The predicted octanol–water partition coefficient (Wildman–Crippen LogP) is 9.66. The van der Waals surface area contributed by atoms with Crippen molar-refractivity contribution in [3.05, 3.63) is 181 Å². The molecule has 12 fully saturated rings. The molecule has 4 aromatic carbocycles. The first-order valence-corrected chi connectivity index (χ1v) is 32.8. The Labute approximate surface area is 537 Å². The van der Waals surface area contributed by atoms with Gasteiger partial charge in [0.15, 0.2) is 0 Å². The standard InChI is InChI=1S/C21H20N2O4.C20H18N2O4.C16H12N2O2.C15H12N2O4/c1-9-6-12(23(26)27)4-5-15(9)22-20(24)18-13-8-14(19(18)21(22)25)17-11-3-2-10(7-11)16(13)17;23-19-17-13-8-14(16-10-2-1-9(7-10)15(13)16)18(17)20(24)21(19)11-3-5-12(6-4-11)22(25)26;17-8-9-1-5-12(6-2-9)18-15(19)13-10-3-4-11(7-10)14(13)16(18)20;18-14-12-8-1-2-9(7-8)13(12)15(19)16(14)10-3-5-11(6-4-10)17(20)21/h2-6,10-11,13-14,16-19H,7-8H2,1H3;1-6,9-10,13-18H,7-8H2;1-6,10-11,13-14H,7H2;1-6,8-9,12-13H,7H2. The molecule has 8 saturated carbocycles. The highest BCUT2D eigenvalue weighted by atomic mass is 16.6. The van der Waals surface area contributed by atoms with Crippen LogP contribution in [0.3, 0.4) is 0 Å². The van der Waals surface area contributed by atoms with E-state index in [9.17, 15) is 68.7 Å². The zero-order valence-corrected chi connectivity index (χ0v) is 50.7. The first kappa shape index (κ1) is 58.0. The maximum absolute atomic E-state index is 13.3. The van der Waals surface area contributed by atoms with Crippen LogP contribution in [0.25, 0.3) is 0 Å². The molecule has 12 aliphatic carbocycles. The summed E-state index contributed by atoms with van der Waals surface area (Å²) in [6.07, 6.45) is 23.8. The summed E-state index contributed by atoms with van der Waals surface area (Å²) < 4.78 is 0. The molecule has 0 spiro atoms. The summed E-state index contributed by atoms with van der Waals surface area (Å²) >= 11 is 0. The second-order valence-electron chi connectivity index (χ2n) is 28.9. The summed E-state index contributed by atoms with van der Waals surface area (Å²) in [7, 11) is 0. The van der Waals surface area contributed by atoms with Crippen LogP contribution >= 0.6 is 0 Å². The summed E-state index contributed by atoms with van der Waals surface area (Å²) in [4.78, 5) is 139. The second-order valence-corrected chi connectivity index (χ2v) is 28.9. The van der Waals surface area contributed by atoms with Crippen LogP contribution in [0.4, 0.5) is 39.8 Å². The molecule has 22 heteroatoms. The molecule has 22 nitrogen and oxygen atoms in total. The molecule has 0 aromatic heterocycles. The lowest BCUT2D eigenvalue weighted by atomic mass is 9.65. The van der Waals surface area contributed by atoms with Crippen molar-refractivity contribution in [3.63, 3.8) is 0 Å². The van der Waals surface area contributed by atoms with Gasteiger partial charge in [0, 0.05) is 36.4 Å². The minimum atomic E-state index is -0.504. The van der Waals surface area contributed by atoms with Crippen molar-refractivity contribution in [1.82, 2.24) is 0 Å². The third kappa shape index (κ3) is 8.04. The Morgan fingerprint density at radius 2 is 0.617 bits per heavy atom. The van der Waals surface area contributed by atoms with Crippen molar-refractivity contribution in [1.29, 1.82) is 5.26 Å². The van der Waals surface area contributed by atoms with Gasteiger partial charge in [-0.15, -0.1) is 0 Å². The monoisotopic (exact) mass is 1260 g/mol. The summed E-state index contributed by atoms with van der Waals surface area (Å²) in [5.74, 6) is 4.31. The molecule has 16 aliphatic rings. The molecule has 94 heavy (non-hydrogen) atoms. The molecule has 24 atom stereocenters. The number of carbonyl (C=O) groups excluding carboxylic acids is 8. The Bertz CT molecular complexity index is 4160. The van der Waals surface area contributed by atoms with Crippen molar-refractivity contribution < 1.29 is 53.1 Å². The van der Waals surface area contributed by atoms with Crippen LogP contribution in [-0.4, -0.2) is 62.0 Å². The van der Waals surface area contributed by atoms with E-state index < -0.39 is 14.8 Å². The minimum Gasteiger partial charge on any atom is -0.274 e. The van der Waals surface area contributed by atoms with Gasteiger partial charge < -0.3 is 0 Å². The number of nitriles is 1. The zero-order valence-electron chi connectivity index (χ0n) is 50.7. The van der Waals surface area contributed by atoms with E-state index in [4.69, 9.17) is 5.26 Å². The maximum Gasteiger partial charge on any atom is 0.269 e. The lowest BCUT2D eigenvalue weighted by molar-refractivity contribution is -0.385. The number of non-ortho nitro benzene ring substituents is 3. The lowest BCUT2D eigenvalue weighted by Crippen LogP contribution is -2.38. The number of benzene rings is 4. The van der Waals surface area contributed by atoms with Gasteiger partial charge in [0.05, 0.1) is 96.5 Å². The molecule has 8 amide bonds. The third-order valence-corrected chi connectivity index (χ3v) is 25.3. The number of amides is 8. The van der Waals surface area contributed by atoms with Gasteiger partial charge in [-0.25, -0.2) is 4.90 Å². The largest absolute Gasteiger partial charge is 0.274 e. The van der Waals surface area contributed by atoms with Crippen molar-refractivity contribution in [3.8, 4) is 6.07 Å². The van der Waals surface area contributed by atoms with Gasteiger partial charge in [-0.05, 0) is 200 Å². The van der Waals surface area contributed by atoms with Gasteiger partial charge in [-0.1, -0.05) is 48.6 Å². The van der Waals surface area contributed by atoms with Crippen molar-refractivity contribution >= 4 is 87.1 Å². The average Bonchev–Trinajstić information content (AvgIpc) is 1.53. The summed E-state index contributed by atoms with van der Waals surface area (Å²) in [5, 5.41) is 41.3. The Balaban J connectivity index is 0.0000000961. The van der Waals surface area contributed by atoms with E-state index in [-0.39, 0.29) is 135 Å². The van der Waals surface area contributed by atoms with E-state index in [2.05, 4.69) is 36.5 Å². The van der Waals surface area contributed by atoms with Crippen molar-refractivity contribution in [2.75, 3.05) is 19.6 Å². The Morgan fingerprint density at radius 3 is 0.915 bits per heavy atom. The van der Waals surface area contributed by atoms with E-state index >= 15 is 0 Å². The Morgan fingerprint density at radius 1 is 0.351 bits per heavy atom. The number of nitro benzene ring substituents is 3. The van der Waals surface area contributed by atoms with E-state index in [1.165, 1.54) is 93.1 Å². The normalized spacial score (nSPS) is 39.0. The number of anilines is 4. The maximum atomic E-state index is 13.3. The number of allylic oxidation sites excluding steroid dienone is 8. The molecular weight excluding hydrogens is 1200 g/mol. The fraction of sp³-hybridized carbons (Fsp3) is 0.431. The molecule has 4 saturated heterocycles. The van der Waals surface area contributed by atoms with Gasteiger partial charge in [0.1, 0.15) is 0 Å². The predicted molar refractivity (Wildman–Crippen MR) is 333 cm³/mol. The molecule has 20 rings (SSSR count). The highest BCUT2D eigenvalue weighted by molar-refractivity contribution is 6.25. The number of fused-ring (bicyclic) bond motifs is 34. The topological polar surface area (TPSA) is 303 Å². The van der Waals surface area contributed by atoms with Crippen LogP contribution in [0.5, 0.6) is 0 Å². The number of rotatable bonds is 7. The van der Waals surface area contributed by atoms with Crippen LogP contribution in [0.15, 0.2) is 140 Å². The fourth-order valence-electron chi connectivity index (χ4n) is 22.2. The lowest BCUT2D eigenvalue weighted by Gasteiger charge is -2.36. The number of carbonyl (C=O) groups is 8. The van der Waals surface area contributed by atoms with Crippen LogP contribution in [0.1, 0.15) is 49.7 Å². The smallest absolute Gasteiger partial charge is 0.269 e. The number of nitrogens with zero attached hydrogens (tertiary/aromatic N) is 8. The van der Waals surface area contributed by atoms with Crippen molar-refractivity contribution in [2.45, 2.75) is 45.4 Å². The molecule has 24 unspecified atom stereocenters. The van der Waals surface area contributed by atoms with Gasteiger partial charge in [0.25, 0.3) is 17.1 Å². The number of hydrogen-bond donors (Lipinski definition) is 0. The molecule has 474 valence electrons. The first-order valence-electron chi connectivity index (χ1n) is 32.8. The van der Waals surface area contributed by atoms with Crippen LogP contribution < -0.4 is 19.6 Å². The fourth-order valence-corrected chi connectivity index (χ4v) is 22.2. The molecule has 0 N–H and O–H groups in total. The molecule has 4 aliphatic heterocycles. The van der Waals surface area contributed by atoms with Crippen LogP contribution in [0, 0.1) is 191 Å².